The summed E-state index contributed by atoms with van der Waals surface area (Å²) in [7, 11) is 0. The molecule has 0 bridgehead atoms. The molecule has 2 nitrogen and oxygen atoms in total. The third-order valence-corrected chi connectivity index (χ3v) is 3.86. The van der Waals surface area contributed by atoms with Gasteiger partial charge in [0.15, 0.2) is 0 Å². The summed E-state index contributed by atoms with van der Waals surface area (Å²) >= 11 is 1.87. The van der Waals surface area contributed by atoms with E-state index < -0.39 is 0 Å². The van der Waals surface area contributed by atoms with Gasteiger partial charge in [-0.3, -0.25) is 0 Å². The SMILES string of the molecule is c1csc(CCCCNCCNC2CC2)c1. The zero-order chi connectivity index (χ0) is 11.1. The number of hydrogen-bond donors (Lipinski definition) is 2. The Morgan fingerprint density at radius 1 is 1.19 bits per heavy atom. The average molecular weight is 238 g/mol. The van der Waals surface area contributed by atoms with Gasteiger partial charge in [-0.25, -0.2) is 0 Å². The first-order valence-corrected chi connectivity index (χ1v) is 7.29. The van der Waals surface area contributed by atoms with E-state index >= 15 is 0 Å². The lowest BCUT2D eigenvalue weighted by Gasteiger charge is -2.05. The molecule has 3 heteroatoms. The second kappa shape index (κ2) is 7.05. The monoisotopic (exact) mass is 238 g/mol. The molecule has 1 aromatic heterocycles. The second-order valence-corrected chi connectivity index (χ2v) is 5.55. The Balaban J connectivity index is 1.34. The van der Waals surface area contributed by atoms with Crippen LogP contribution in [0.4, 0.5) is 0 Å². The first-order chi connectivity index (χ1) is 7.95. The van der Waals surface area contributed by atoms with Crippen molar-refractivity contribution in [3.05, 3.63) is 22.4 Å². The van der Waals surface area contributed by atoms with Crippen LogP contribution in [0.15, 0.2) is 17.5 Å². The van der Waals surface area contributed by atoms with Crippen LogP contribution in [0.25, 0.3) is 0 Å². The molecule has 1 aromatic rings. The van der Waals surface area contributed by atoms with E-state index in [1.807, 2.05) is 11.3 Å². The molecule has 90 valence electrons. The smallest absolute Gasteiger partial charge is 0.00793 e. The molecule has 2 rings (SSSR count). The van der Waals surface area contributed by atoms with Gasteiger partial charge in [0, 0.05) is 24.0 Å². The van der Waals surface area contributed by atoms with E-state index in [-0.39, 0.29) is 0 Å². The Morgan fingerprint density at radius 3 is 2.88 bits per heavy atom. The molecule has 1 saturated carbocycles. The minimum atomic E-state index is 0.848. The summed E-state index contributed by atoms with van der Waals surface area (Å²) in [5, 5.41) is 9.16. The molecule has 0 spiro atoms. The van der Waals surface area contributed by atoms with E-state index in [2.05, 4.69) is 28.1 Å². The van der Waals surface area contributed by atoms with Crippen molar-refractivity contribution in [3.63, 3.8) is 0 Å². The molecule has 2 N–H and O–H groups in total. The van der Waals surface area contributed by atoms with Crippen LogP contribution in [0.3, 0.4) is 0 Å². The van der Waals surface area contributed by atoms with Crippen LogP contribution < -0.4 is 10.6 Å². The van der Waals surface area contributed by atoms with Crippen LogP contribution in [0.1, 0.15) is 30.6 Å². The van der Waals surface area contributed by atoms with Gasteiger partial charge in [0.2, 0.25) is 0 Å². The van der Waals surface area contributed by atoms with Crippen molar-refractivity contribution in [1.29, 1.82) is 0 Å². The molecule has 1 aliphatic rings. The summed E-state index contributed by atoms with van der Waals surface area (Å²) in [6, 6.07) is 5.22. The summed E-state index contributed by atoms with van der Waals surface area (Å²) < 4.78 is 0. The lowest BCUT2D eigenvalue weighted by molar-refractivity contribution is 0.584. The van der Waals surface area contributed by atoms with Gasteiger partial charge >= 0.3 is 0 Å². The molecule has 0 amide bonds. The molecule has 1 heterocycles. The fourth-order valence-corrected chi connectivity index (χ4v) is 2.53. The predicted octanol–water partition coefficient (Wildman–Crippen LogP) is 2.41. The highest BCUT2D eigenvalue weighted by Crippen LogP contribution is 2.17. The number of rotatable bonds is 9. The van der Waals surface area contributed by atoms with E-state index in [1.54, 1.807) is 0 Å². The third-order valence-electron chi connectivity index (χ3n) is 2.92. The maximum atomic E-state index is 3.51. The minimum absolute atomic E-state index is 0.848. The average Bonchev–Trinajstić information content (AvgIpc) is 2.97. The van der Waals surface area contributed by atoms with Crippen molar-refractivity contribution < 1.29 is 0 Å². The molecular formula is C13H22N2S. The fraction of sp³-hybridized carbons (Fsp3) is 0.692. The van der Waals surface area contributed by atoms with E-state index in [1.165, 1.54) is 37.0 Å². The second-order valence-electron chi connectivity index (χ2n) is 4.51. The van der Waals surface area contributed by atoms with E-state index in [0.717, 1.165) is 25.7 Å². The Kier molecular flexibility index (Phi) is 5.32. The maximum Gasteiger partial charge on any atom is 0.00793 e. The number of unbranched alkanes of at least 4 members (excludes halogenated alkanes) is 1. The lowest BCUT2D eigenvalue weighted by Crippen LogP contribution is -2.29. The zero-order valence-corrected chi connectivity index (χ0v) is 10.7. The predicted molar refractivity (Wildman–Crippen MR) is 71.2 cm³/mol. The van der Waals surface area contributed by atoms with Crippen LogP contribution in [-0.4, -0.2) is 25.7 Å². The number of aryl methyl sites for hydroxylation is 1. The van der Waals surface area contributed by atoms with E-state index in [9.17, 15) is 0 Å². The number of thiophene rings is 1. The van der Waals surface area contributed by atoms with Gasteiger partial charge in [-0.05, 0) is 50.1 Å². The fourth-order valence-electron chi connectivity index (χ4n) is 1.78. The van der Waals surface area contributed by atoms with Gasteiger partial charge < -0.3 is 10.6 Å². The van der Waals surface area contributed by atoms with Crippen molar-refractivity contribution in [2.24, 2.45) is 0 Å². The van der Waals surface area contributed by atoms with E-state index in [4.69, 9.17) is 0 Å². The Morgan fingerprint density at radius 2 is 2.12 bits per heavy atom. The first kappa shape index (κ1) is 12.1. The molecule has 1 aliphatic carbocycles. The molecule has 0 aliphatic heterocycles. The molecule has 0 atom stereocenters. The van der Waals surface area contributed by atoms with Crippen LogP contribution >= 0.6 is 11.3 Å². The number of nitrogens with one attached hydrogen (secondary N) is 2. The van der Waals surface area contributed by atoms with Crippen molar-refractivity contribution in [3.8, 4) is 0 Å². The minimum Gasteiger partial charge on any atom is -0.315 e. The Bertz CT molecular complexity index is 267. The van der Waals surface area contributed by atoms with Gasteiger partial charge in [-0.2, -0.15) is 0 Å². The largest absolute Gasteiger partial charge is 0.315 e. The van der Waals surface area contributed by atoms with Gasteiger partial charge in [0.1, 0.15) is 0 Å². The molecule has 16 heavy (non-hydrogen) atoms. The highest BCUT2D eigenvalue weighted by atomic mass is 32.1. The summed E-state index contributed by atoms with van der Waals surface area (Å²) in [6.45, 7) is 3.42. The Hall–Kier alpha value is -0.380. The highest BCUT2D eigenvalue weighted by Gasteiger charge is 2.19. The van der Waals surface area contributed by atoms with Crippen molar-refractivity contribution in [1.82, 2.24) is 10.6 Å². The van der Waals surface area contributed by atoms with Crippen LogP contribution in [0.2, 0.25) is 0 Å². The van der Waals surface area contributed by atoms with Crippen LogP contribution in [0.5, 0.6) is 0 Å². The maximum absolute atomic E-state index is 3.51. The lowest BCUT2D eigenvalue weighted by atomic mass is 10.2. The summed E-state index contributed by atoms with van der Waals surface area (Å²) in [6.07, 6.45) is 6.63. The van der Waals surface area contributed by atoms with Crippen molar-refractivity contribution in [2.45, 2.75) is 38.1 Å². The quantitative estimate of drug-likeness (QED) is 0.646. The molecule has 0 unspecified atom stereocenters. The molecule has 0 radical (unpaired) electrons. The van der Waals surface area contributed by atoms with Crippen LogP contribution in [0, 0.1) is 0 Å². The first-order valence-electron chi connectivity index (χ1n) is 6.41. The van der Waals surface area contributed by atoms with Crippen LogP contribution in [-0.2, 0) is 6.42 Å². The van der Waals surface area contributed by atoms with Crippen molar-refractivity contribution >= 4 is 11.3 Å². The third kappa shape index (κ3) is 5.10. The highest BCUT2D eigenvalue weighted by molar-refractivity contribution is 7.09. The molecular weight excluding hydrogens is 216 g/mol. The van der Waals surface area contributed by atoms with Crippen molar-refractivity contribution in [2.75, 3.05) is 19.6 Å². The Labute approximate surface area is 102 Å². The van der Waals surface area contributed by atoms with Gasteiger partial charge in [-0.1, -0.05) is 6.07 Å². The molecule has 1 fully saturated rings. The molecule has 0 aromatic carbocycles. The number of hydrogen-bond acceptors (Lipinski definition) is 3. The van der Waals surface area contributed by atoms with Gasteiger partial charge in [0.05, 0.1) is 0 Å². The summed E-state index contributed by atoms with van der Waals surface area (Å²) in [4.78, 5) is 1.52. The zero-order valence-electron chi connectivity index (χ0n) is 9.87. The standard InChI is InChI=1S/C13H22N2S/c1(4-13-5-3-11-16-13)2-8-14-9-10-15-12-6-7-12/h3,5,11-12,14-15H,1-2,4,6-10H2. The summed E-state index contributed by atoms with van der Waals surface area (Å²) in [5.74, 6) is 0. The molecule has 0 saturated heterocycles. The summed E-state index contributed by atoms with van der Waals surface area (Å²) in [5.41, 5.74) is 0. The topological polar surface area (TPSA) is 24.1 Å². The van der Waals surface area contributed by atoms with Gasteiger partial charge in [0.25, 0.3) is 0 Å². The normalized spacial score (nSPS) is 15.5. The van der Waals surface area contributed by atoms with E-state index in [0.29, 0.717) is 0 Å². The van der Waals surface area contributed by atoms with Gasteiger partial charge in [-0.15, -0.1) is 11.3 Å².